The number of anilines is 2. The highest BCUT2D eigenvalue weighted by Gasteiger charge is 2.48. The Morgan fingerprint density at radius 2 is 1.57 bits per heavy atom. The Morgan fingerprint density at radius 3 is 2.22 bits per heavy atom. The van der Waals surface area contributed by atoms with E-state index >= 15 is 0 Å². The molecule has 1 saturated carbocycles. The number of aryl methyl sites for hydroxylation is 1. The summed E-state index contributed by atoms with van der Waals surface area (Å²) >= 11 is 0. The number of carbonyl (C=O) groups excluding carboxylic acids is 4. The van der Waals surface area contributed by atoms with Crippen LogP contribution in [0.4, 0.5) is 16.2 Å². The minimum absolute atomic E-state index is 0.0534. The van der Waals surface area contributed by atoms with Gasteiger partial charge in [-0.1, -0.05) is 44.0 Å². The van der Waals surface area contributed by atoms with Crippen molar-refractivity contribution in [3.63, 3.8) is 0 Å². The SMILES string of the molecule is CCc1ccc(NC(=O)CN2C(=O)N(c3ccc(CC(=O)NC(C)C)cc3)C(=O)C3CCCCC32)cc1. The lowest BCUT2D eigenvalue weighted by Crippen LogP contribution is -2.64. The molecular weight excluding hydrogens is 468 g/mol. The van der Waals surface area contributed by atoms with Crippen molar-refractivity contribution in [1.29, 1.82) is 0 Å². The molecular formula is C29H36N4O4. The fraction of sp³-hybridized carbons (Fsp3) is 0.448. The first-order chi connectivity index (χ1) is 17.8. The molecule has 1 aliphatic carbocycles. The monoisotopic (exact) mass is 504 g/mol. The number of carbonyl (C=O) groups is 4. The van der Waals surface area contributed by atoms with E-state index in [-0.39, 0.29) is 48.7 Å². The largest absolute Gasteiger partial charge is 0.354 e. The lowest BCUT2D eigenvalue weighted by atomic mass is 9.81. The normalized spacial score (nSPS) is 19.6. The Kier molecular flexibility index (Phi) is 8.26. The van der Waals surface area contributed by atoms with Crippen LogP contribution in [0.3, 0.4) is 0 Å². The van der Waals surface area contributed by atoms with Gasteiger partial charge in [-0.25, -0.2) is 9.69 Å². The third-order valence-electron chi connectivity index (χ3n) is 7.07. The van der Waals surface area contributed by atoms with Crippen LogP contribution in [0.2, 0.25) is 0 Å². The van der Waals surface area contributed by atoms with Crippen LogP contribution in [-0.2, 0) is 27.2 Å². The van der Waals surface area contributed by atoms with Crippen molar-refractivity contribution in [2.24, 2.45) is 5.92 Å². The van der Waals surface area contributed by atoms with Crippen molar-refractivity contribution in [2.75, 3.05) is 16.8 Å². The number of hydrogen-bond acceptors (Lipinski definition) is 4. The van der Waals surface area contributed by atoms with Gasteiger partial charge in [0.1, 0.15) is 6.54 Å². The van der Waals surface area contributed by atoms with E-state index in [0.29, 0.717) is 24.2 Å². The molecule has 0 aromatic heterocycles. The van der Waals surface area contributed by atoms with E-state index in [1.807, 2.05) is 38.1 Å². The molecule has 2 aliphatic rings. The molecule has 2 atom stereocenters. The molecule has 196 valence electrons. The van der Waals surface area contributed by atoms with Gasteiger partial charge in [-0.3, -0.25) is 14.4 Å². The zero-order valence-corrected chi connectivity index (χ0v) is 21.8. The van der Waals surface area contributed by atoms with Gasteiger partial charge in [0.2, 0.25) is 17.7 Å². The highest BCUT2D eigenvalue weighted by Crippen LogP contribution is 2.36. The number of rotatable bonds is 8. The molecule has 8 nitrogen and oxygen atoms in total. The molecule has 2 unspecified atom stereocenters. The second-order valence-electron chi connectivity index (χ2n) is 10.2. The smallest absolute Gasteiger partial charge is 0.332 e. The molecule has 2 N–H and O–H groups in total. The van der Waals surface area contributed by atoms with E-state index in [0.717, 1.165) is 24.8 Å². The molecule has 2 aromatic rings. The van der Waals surface area contributed by atoms with Gasteiger partial charge in [0.05, 0.1) is 18.0 Å². The summed E-state index contributed by atoms with van der Waals surface area (Å²) < 4.78 is 0. The molecule has 4 rings (SSSR count). The van der Waals surface area contributed by atoms with Crippen LogP contribution in [0, 0.1) is 5.92 Å². The van der Waals surface area contributed by atoms with Gasteiger partial charge in [-0.15, -0.1) is 0 Å². The third-order valence-corrected chi connectivity index (χ3v) is 7.07. The Labute approximate surface area is 218 Å². The van der Waals surface area contributed by atoms with Crippen molar-refractivity contribution in [2.45, 2.75) is 71.4 Å². The topological polar surface area (TPSA) is 98.8 Å². The van der Waals surface area contributed by atoms with Gasteiger partial charge in [0.15, 0.2) is 0 Å². The average Bonchev–Trinajstić information content (AvgIpc) is 2.87. The second kappa shape index (κ2) is 11.6. The summed E-state index contributed by atoms with van der Waals surface area (Å²) in [5.74, 6) is -0.923. The minimum Gasteiger partial charge on any atom is -0.354 e. The maximum Gasteiger partial charge on any atom is 0.332 e. The van der Waals surface area contributed by atoms with Gasteiger partial charge < -0.3 is 15.5 Å². The Bertz CT molecular complexity index is 1140. The van der Waals surface area contributed by atoms with E-state index in [4.69, 9.17) is 0 Å². The fourth-order valence-corrected chi connectivity index (χ4v) is 5.23. The maximum atomic E-state index is 13.6. The number of benzene rings is 2. The number of nitrogens with one attached hydrogen (secondary N) is 2. The molecule has 1 heterocycles. The predicted octanol–water partition coefficient (Wildman–Crippen LogP) is 4.28. The minimum atomic E-state index is -0.477. The number of nitrogens with zero attached hydrogens (tertiary/aromatic N) is 2. The van der Waals surface area contributed by atoms with Crippen molar-refractivity contribution in [1.82, 2.24) is 10.2 Å². The van der Waals surface area contributed by atoms with Crippen molar-refractivity contribution >= 4 is 35.1 Å². The lowest BCUT2D eigenvalue weighted by molar-refractivity contribution is -0.128. The zero-order chi connectivity index (χ0) is 26.5. The maximum absolute atomic E-state index is 13.6. The van der Waals surface area contributed by atoms with Crippen molar-refractivity contribution in [3.8, 4) is 0 Å². The van der Waals surface area contributed by atoms with Gasteiger partial charge in [0, 0.05) is 17.8 Å². The molecule has 2 aromatic carbocycles. The molecule has 37 heavy (non-hydrogen) atoms. The highest BCUT2D eigenvalue weighted by atomic mass is 16.2. The fourth-order valence-electron chi connectivity index (χ4n) is 5.23. The summed E-state index contributed by atoms with van der Waals surface area (Å²) in [5.41, 5.74) is 3.10. The van der Waals surface area contributed by atoms with E-state index in [1.165, 1.54) is 10.5 Å². The quantitative estimate of drug-likeness (QED) is 0.561. The molecule has 5 amide bonds. The van der Waals surface area contributed by atoms with Crippen LogP contribution >= 0.6 is 0 Å². The van der Waals surface area contributed by atoms with E-state index in [1.54, 1.807) is 29.2 Å². The van der Waals surface area contributed by atoms with Crippen LogP contribution in [-0.4, -0.2) is 47.3 Å². The first kappa shape index (κ1) is 26.4. The Hall–Kier alpha value is -3.68. The zero-order valence-electron chi connectivity index (χ0n) is 21.8. The van der Waals surface area contributed by atoms with E-state index in [9.17, 15) is 19.2 Å². The molecule has 8 heteroatoms. The summed E-state index contributed by atoms with van der Waals surface area (Å²) in [7, 11) is 0. The average molecular weight is 505 g/mol. The molecule has 1 saturated heterocycles. The summed E-state index contributed by atoms with van der Waals surface area (Å²) in [6.45, 7) is 5.76. The van der Waals surface area contributed by atoms with Crippen LogP contribution in [0.1, 0.15) is 57.6 Å². The third kappa shape index (κ3) is 6.18. The highest BCUT2D eigenvalue weighted by molar-refractivity contribution is 6.17. The molecule has 0 radical (unpaired) electrons. The number of fused-ring (bicyclic) bond motifs is 1. The number of urea groups is 1. The summed E-state index contributed by atoms with van der Waals surface area (Å²) in [6.07, 6.45) is 4.37. The Morgan fingerprint density at radius 1 is 0.919 bits per heavy atom. The van der Waals surface area contributed by atoms with E-state index in [2.05, 4.69) is 17.6 Å². The summed E-state index contributed by atoms with van der Waals surface area (Å²) in [4.78, 5) is 54.9. The Balaban J connectivity index is 1.51. The van der Waals surface area contributed by atoms with Gasteiger partial charge in [0.25, 0.3) is 0 Å². The predicted molar refractivity (Wildman–Crippen MR) is 143 cm³/mol. The standard InChI is InChI=1S/C29H36N4O4/c1-4-20-9-13-22(14-10-20)31-27(35)18-32-25-8-6-5-7-24(25)28(36)33(29(32)37)23-15-11-21(12-16-23)17-26(34)30-19(2)3/h9-16,19,24-25H,4-8,17-18H2,1-3H3,(H,30,34)(H,31,35). The van der Waals surface area contributed by atoms with E-state index < -0.39 is 6.03 Å². The van der Waals surface area contributed by atoms with Crippen LogP contribution in [0.15, 0.2) is 48.5 Å². The first-order valence-corrected chi connectivity index (χ1v) is 13.2. The summed E-state index contributed by atoms with van der Waals surface area (Å²) in [5, 5.41) is 5.75. The van der Waals surface area contributed by atoms with Crippen molar-refractivity contribution < 1.29 is 19.2 Å². The van der Waals surface area contributed by atoms with Gasteiger partial charge >= 0.3 is 6.03 Å². The van der Waals surface area contributed by atoms with Crippen LogP contribution < -0.4 is 15.5 Å². The second-order valence-corrected chi connectivity index (χ2v) is 10.2. The molecule has 0 spiro atoms. The number of imide groups is 1. The van der Waals surface area contributed by atoms with Crippen LogP contribution in [0.5, 0.6) is 0 Å². The number of hydrogen-bond donors (Lipinski definition) is 2. The van der Waals surface area contributed by atoms with Gasteiger partial charge in [-0.05, 0) is 68.5 Å². The van der Waals surface area contributed by atoms with Crippen LogP contribution in [0.25, 0.3) is 0 Å². The lowest BCUT2D eigenvalue weighted by Gasteiger charge is -2.46. The first-order valence-electron chi connectivity index (χ1n) is 13.2. The van der Waals surface area contributed by atoms with Crippen molar-refractivity contribution in [3.05, 3.63) is 59.7 Å². The van der Waals surface area contributed by atoms with Gasteiger partial charge in [-0.2, -0.15) is 0 Å². The number of amides is 5. The molecule has 2 fully saturated rings. The molecule has 0 bridgehead atoms. The molecule has 1 aliphatic heterocycles. The summed E-state index contributed by atoms with van der Waals surface area (Å²) in [6, 6.07) is 13.9.